The quantitative estimate of drug-likeness (QED) is 0.687. The highest BCUT2D eigenvalue weighted by Gasteiger charge is 2.42. The molecule has 0 amide bonds. The van der Waals surface area contributed by atoms with Crippen molar-refractivity contribution in [3.05, 3.63) is 35.4 Å². The highest BCUT2D eigenvalue weighted by atomic mass is 35.5. The number of fused-ring (bicyclic) bond motifs is 2. The van der Waals surface area contributed by atoms with Crippen molar-refractivity contribution in [2.45, 2.75) is 44.4 Å². The van der Waals surface area contributed by atoms with Crippen LogP contribution >= 0.6 is 11.6 Å². The summed E-state index contributed by atoms with van der Waals surface area (Å²) in [5.74, 6) is 2.73. The fraction of sp³-hybridized carbons (Fsp3) is 0.625. The van der Waals surface area contributed by atoms with Gasteiger partial charge in [0.1, 0.15) is 0 Å². The molecule has 0 N–H and O–H groups in total. The number of alkyl halides is 1. The Kier molecular flexibility index (Phi) is 3.17. The predicted octanol–water partition coefficient (Wildman–Crippen LogP) is 4.58. The zero-order valence-corrected chi connectivity index (χ0v) is 11.3. The predicted molar refractivity (Wildman–Crippen MR) is 73.5 cm³/mol. The van der Waals surface area contributed by atoms with Crippen molar-refractivity contribution in [3.63, 3.8) is 0 Å². The van der Waals surface area contributed by atoms with Gasteiger partial charge in [-0.2, -0.15) is 0 Å². The fourth-order valence-electron chi connectivity index (χ4n) is 3.94. The zero-order chi connectivity index (χ0) is 11.8. The van der Waals surface area contributed by atoms with E-state index in [1.54, 1.807) is 0 Å². The van der Waals surface area contributed by atoms with Crippen LogP contribution in [-0.4, -0.2) is 5.38 Å². The van der Waals surface area contributed by atoms with Gasteiger partial charge in [-0.25, -0.2) is 0 Å². The highest BCUT2D eigenvalue weighted by Crippen LogP contribution is 2.51. The lowest BCUT2D eigenvalue weighted by Crippen LogP contribution is -2.23. The van der Waals surface area contributed by atoms with E-state index in [-0.39, 0.29) is 0 Å². The zero-order valence-electron chi connectivity index (χ0n) is 10.5. The molecule has 2 saturated carbocycles. The Labute approximate surface area is 109 Å². The molecule has 4 atom stereocenters. The third kappa shape index (κ3) is 2.25. The molecule has 2 aliphatic rings. The average Bonchev–Trinajstić information content (AvgIpc) is 2.94. The second kappa shape index (κ2) is 4.65. The molecule has 17 heavy (non-hydrogen) atoms. The molecule has 92 valence electrons. The molecule has 1 aromatic rings. The molecule has 0 aliphatic heterocycles. The van der Waals surface area contributed by atoms with Crippen LogP contribution in [0.2, 0.25) is 0 Å². The van der Waals surface area contributed by atoms with Crippen LogP contribution in [-0.2, 0) is 6.42 Å². The van der Waals surface area contributed by atoms with Gasteiger partial charge in [0.2, 0.25) is 0 Å². The summed E-state index contributed by atoms with van der Waals surface area (Å²) in [6.45, 7) is 2.19. The summed E-state index contributed by atoms with van der Waals surface area (Å²) < 4.78 is 0. The summed E-state index contributed by atoms with van der Waals surface area (Å²) in [6, 6.07) is 8.67. The van der Waals surface area contributed by atoms with Gasteiger partial charge in [0.15, 0.2) is 0 Å². The van der Waals surface area contributed by atoms with Gasteiger partial charge >= 0.3 is 0 Å². The van der Waals surface area contributed by atoms with Gasteiger partial charge in [0, 0.05) is 5.38 Å². The second-order valence-corrected chi connectivity index (χ2v) is 6.55. The largest absolute Gasteiger partial charge is 0.122 e. The maximum Gasteiger partial charge on any atom is 0.0407 e. The number of hydrogen-bond acceptors (Lipinski definition) is 0. The van der Waals surface area contributed by atoms with E-state index in [0.29, 0.717) is 5.38 Å². The lowest BCUT2D eigenvalue weighted by Gasteiger charge is -2.26. The van der Waals surface area contributed by atoms with Gasteiger partial charge < -0.3 is 0 Å². The Balaban J connectivity index is 1.68. The van der Waals surface area contributed by atoms with E-state index >= 15 is 0 Å². The molecule has 2 fully saturated rings. The first kappa shape index (κ1) is 11.6. The lowest BCUT2D eigenvalue weighted by molar-refractivity contribution is 0.319. The summed E-state index contributed by atoms with van der Waals surface area (Å²) in [4.78, 5) is 0. The molecule has 3 rings (SSSR count). The second-order valence-electron chi connectivity index (χ2n) is 5.99. The number of benzene rings is 1. The minimum Gasteiger partial charge on any atom is -0.122 e. The Morgan fingerprint density at radius 2 is 2.06 bits per heavy atom. The van der Waals surface area contributed by atoms with Crippen LogP contribution in [0, 0.1) is 24.7 Å². The van der Waals surface area contributed by atoms with Crippen molar-refractivity contribution < 1.29 is 0 Å². The van der Waals surface area contributed by atoms with Gasteiger partial charge in [-0.3, -0.25) is 0 Å². The fourth-order valence-corrected chi connectivity index (χ4v) is 4.41. The smallest absolute Gasteiger partial charge is 0.0407 e. The van der Waals surface area contributed by atoms with E-state index < -0.39 is 0 Å². The first-order valence-electron chi connectivity index (χ1n) is 6.92. The average molecular weight is 249 g/mol. The monoisotopic (exact) mass is 248 g/mol. The molecule has 2 aliphatic carbocycles. The normalized spacial score (nSPS) is 32.9. The molecule has 0 radical (unpaired) electrons. The molecule has 0 spiro atoms. The molecule has 1 aromatic carbocycles. The summed E-state index contributed by atoms with van der Waals surface area (Å²) >= 11 is 6.69. The van der Waals surface area contributed by atoms with Crippen molar-refractivity contribution in [3.8, 4) is 0 Å². The van der Waals surface area contributed by atoms with E-state index in [2.05, 4.69) is 31.2 Å². The Hall–Kier alpha value is -0.490. The van der Waals surface area contributed by atoms with Crippen LogP contribution in [0.3, 0.4) is 0 Å². The summed E-state index contributed by atoms with van der Waals surface area (Å²) in [5, 5.41) is 0.353. The van der Waals surface area contributed by atoms with Crippen LogP contribution in [0.5, 0.6) is 0 Å². The minimum atomic E-state index is 0.353. The maximum atomic E-state index is 6.69. The SMILES string of the molecule is Cc1ccccc1CC(Cl)C1CC2CCC1C2. The van der Waals surface area contributed by atoms with Crippen molar-refractivity contribution in [1.29, 1.82) is 0 Å². The first-order valence-corrected chi connectivity index (χ1v) is 7.36. The number of rotatable bonds is 3. The van der Waals surface area contributed by atoms with Crippen LogP contribution in [0.1, 0.15) is 36.8 Å². The van der Waals surface area contributed by atoms with Gasteiger partial charge in [-0.15, -0.1) is 11.6 Å². The molecule has 4 unspecified atom stereocenters. The van der Waals surface area contributed by atoms with Crippen molar-refractivity contribution in [1.82, 2.24) is 0 Å². The number of halogens is 1. The van der Waals surface area contributed by atoms with Gasteiger partial charge in [-0.1, -0.05) is 30.7 Å². The molecular weight excluding hydrogens is 228 g/mol. The van der Waals surface area contributed by atoms with Crippen LogP contribution in [0.15, 0.2) is 24.3 Å². The number of hydrogen-bond donors (Lipinski definition) is 0. The van der Waals surface area contributed by atoms with Crippen molar-refractivity contribution >= 4 is 11.6 Å². The molecule has 1 heteroatoms. The molecule has 0 nitrogen and oxygen atoms in total. The third-order valence-corrected chi connectivity index (χ3v) is 5.41. The molecule has 0 saturated heterocycles. The van der Waals surface area contributed by atoms with Gasteiger partial charge in [-0.05, 0) is 61.5 Å². The van der Waals surface area contributed by atoms with E-state index in [1.807, 2.05) is 0 Å². The molecule has 0 heterocycles. The minimum absolute atomic E-state index is 0.353. The lowest BCUT2D eigenvalue weighted by atomic mass is 9.84. The standard InChI is InChI=1S/C16H21Cl/c1-11-4-2-3-5-13(11)10-16(17)15-9-12-6-7-14(15)8-12/h2-5,12,14-16H,6-10H2,1H3. The molecular formula is C16H21Cl. The van der Waals surface area contributed by atoms with Crippen LogP contribution in [0.25, 0.3) is 0 Å². The highest BCUT2D eigenvalue weighted by molar-refractivity contribution is 6.21. The summed E-state index contributed by atoms with van der Waals surface area (Å²) in [7, 11) is 0. The third-order valence-electron chi connectivity index (χ3n) is 4.93. The van der Waals surface area contributed by atoms with Crippen molar-refractivity contribution in [2.24, 2.45) is 17.8 Å². The maximum absolute atomic E-state index is 6.69. The molecule has 0 aromatic heterocycles. The number of aryl methyl sites for hydroxylation is 1. The van der Waals surface area contributed by atoms with Crippen LogP contribution < -0.4 is 0 Å². The van der Waals surface area contributed by atoms with Gasteiger partial charge in [0.05, 0.1) is 0 Å². The summed E-state index contributed by atoms with van der Waals surface area (Å²) in [5.41, 5.74) is 2.83. The first-order chi connectivity index (χ1) is 8.24. The van der Waals surface area contributed by atoms with E-state index in [9.17, 15) is 0 Å². The van der Waals surface area contributed by atoms with Crippen LogP contribution in [0.4, 0.5) is 0 Å². The Morgan fingerprint density at radius 1 is 1.24 bits per heavy atom. The van der Waals surface area contributed by atoms with E-state index in [1.165, 1.54) is 36.8 Å². The Bertz CT molecular complexity index is 398. The van der Waals surface area contributed by atoms with Crippen molar-refractivity contribution in [2.75, 3.05) is 0 Å². The Morgan fingerprint density at radius 3 is 2.71 bits per heavy atom. The van der Waals surface area contributed by atoms with E-state index in [4.69, 9.17) is 11.6 Å². The summed E-state index contributed by atoms with van der Waals surface area (Å²) in [6.07, 6.45) is 6.82. The topological polar surface area (TPSA) is 0 Å². The van der Waals surface area contributed by atoms with E-state index in [0.717, 1.165) is 24.2 Å². The molecule has 2 bridgehead atoms. The van der Waals surface area contributed by atoms with Gasteiger partial charge in [0.25, 0.3) is 0 Å².